The second-order valence-corrected chi connectivity index (χ2v) is 6.98. The number of aryl methyl sites for hydroxylation is 1. The summed E-state index contributed by atoms with van der Waals surface area (Å²) in [4.78, 5) is 0. The molecule has 0 spiro atoms. The molecule has 0 saturated carbocycles. The third-order valence-corrected chi connectivity index (χ3v) is 5.79. The quantitative estimate of drug-likeness (QED) is 0.681. The molecule has 0 bridgehead atoms. The van der Waals surface area contributed by atoms with Crippen molar-refractivity contribution in [2.45, 2.75) is 25.8 Å². The van der Waals surface area contributed by atoms with Crippen LogP contribution in [0.25, 0.3) is 0 Å². The number of hydrogen-bond donors (Lipinski definition) is 0. The monoisotopic (exact) mass is 272 g/mol. The van der Waals surface area contributed by atoms with Gasteiger partial charge in [-0.25, -0.2) is 4.39 Å². The van der Waals surface area contributed by atoms with Crippen LogP contribution in [0.15, 0.2) is 24.3 Å². The first-order valence-corrected chi connectivity index (χ1v) is 8.07. The second kappa shape index (κ2) is 7.63. The predicted molar refractivity (Wildman–Crippen MR) is 70.9 cm³/mol. The van der Waals surface area contributed by atoms with E-state index in [1.807, 2.05) is 6.92 Å². The maximum atomic E-state index is 12.8. The fraction of sp³-hybridized carbons (Fsp3) is 0.538. The molecule has 3 nitrogen and oxygen atoms in total. The largest absolute Gasteiger partial charge is 0.500 e. The number of rotatable bonds is 8. The van der Waals surface area contributed by atoms with Gasteiger partial charge in [0, 0.05) is 26.9 Å². The van der Waals surface area contributed by atoms with E-state index in [-0.39, 0.29) is 5.82 Å². The lowest BCUT2D eigenvalue weighted by Gasteiger charge is -2.25. The maximum Gasteiger partial charge on any atom is 0.500 e. The molecule has 102 valence electrons. The summed E-state index contributed by atoms with van der Waals surface area (Å²) in [6.45, 7) is 2.52. The second-order valence-electron chi connectivity index (χ2n) is 4.00. The molecule has 0 radical (unpaired) electrons. The van der Waals surface area contributed by atoms with Crippen molar-refractivity contribution in [3.63, 3.8) is 0 Å². The molecule has 0 atom stereocenters. The Hall–Kier alpha value is -0.753. The van der Waals surface area contributed by atoms with Gasteiger partial charge in [-0.1, -0.05) is 12.1 Å². The fourth-order valence-electron chi connectivity index (χ4n) is 1.86. The molecule has 0 aliphatic carbocycles. The van der Waals surface area contributed by atoms with Gasteiger partial charge in [-0.2, -0.15) is 0 Å². The molecule has 5 heteroatoms. The summed E-state index contributed by atoms with van der Waals surface area (Å²) < 4.78 is 29.2. The van der Waals surface area contributed by atoms with Crippen LogP contribution in [-0.2, 0) is 19.7 Å². The zero-order valence-corrected chi connectivity index (χ0v) is 12.2. The van der Waals surface area contributed by atoms with E-state index in [9.17, 15) is 4.39 Å². The number of hydrogen-bond acceptors (Lipinski definition) is 3. The fourth-order valence-corrected chi connectivity index (χ4v) is 3.86. The Morgan fingerprint density at radius 1 is 1.11 bits per heavy atom. The number of halogens is 1. The number of benzene rings is 1. The third-order valence-electron chi connectivity index (χ3n) is 2.85. The van der Waals surface area contributed by atoms with Crippen molar-refractivity contribution in [1.29, 1.82) is 0 Å². The molecule has 0 heterocycles. The van der Waals surface area contributed by atoms with Gasteiger partial charge in [0.15, 0.2) is 0 Å². The van der Waals surface area contributed by atoms with E-state index in [1.165, 1.54) is 12.1 Å². The van der Waals surface area contributed by atoms with E-state index in [1.54, 1.807) is 26.4 Å². The topological polar surface area (TPSA) is 27.7 Å². The molecule has 0 N–H and O–H groups in total. The summed E-state index contributed by atoms with van der Waals surface area (Å²) >= 11 is 0. The Bertz CT molecular complexity index is 339. The van der Waals surface area contributed by atoms with E-state index >= 15 is 0 Å². The highest BCUT2D eigenvalue weighted by atomic mass is 28.4. The van der Waals surface area contributed by atoms with Crippen LogP contribution in [0.4, 0.5) is 4.39 Å². The SMILES string of the molecule is CCO[Si](CCCc1ccc(F)cc1)(OC)OC. The summed E-state index contributed by atoms with van der Waals surface area (Å²) in [6.07, 6.45) is 1.77. The minimum atomic E-state index is -2.48. The van der Waals surface area contributed by atoms with Crippen LogP contribution < -0.4 is 0 Å². The van der Waals surface area contributed by atoms with Crippen LogP contribution in [0, 0.1) is 5.82 Å². The highest BCUT2D eigenvalue weighted by Gasteiger charge is 2.37. The lowest BCUT2D eigenvalue weighted by atomic mass is 10.1. The van der Waals surface area contributed by atoms with Gasteiger partial charge in [-0.15, -0.1) is 0 Å². The Labute approximate surface area is 109 Å². The van der Waals surface area contributed by atoms with E-state index in [2.05, 4.69) is 0 Å². The van der Waals surface area contributed by atoms with Crippen molar-refractivity contribution in [3.8, 4) is 0 Å². The molecular formula is C13H21FO3Si. The van der Waals surface area contributed by atoms with Gasteiger partial charge in [0.1, 0.15) is 5.82 Å². The molecule has 0 saturated heterocycles. The van der Waals surface area contributed by atoms with Crippen molar-refractivity contribution in [2.75, 3.05) is 20.8 Å². The lowest BCUT2D eigenvalue weighted by molar-refractivity contribution is 0.103. The summed E-state index contributed by atoms with van der Waals surface area (Å²) in [5, 5.41) is 0. The van der Waals surface area contributed by atoms with E-state index in [4.69, 9.17) is 13.3 Å². The van der Waals surface area contributed by atoms with Gasteiger partial charge in [0.25, 0.3) is 0 Å². The van der Waals surface area contributed by atoms with E-state index < -0.39 is 8.80 Å². The Morgan fingerprint density at radius 2 is 1.72 bits per heavy atom. The van der Waals surface area contributed by atoms with Gasteiger partial charge < -0.3 is 13.3 Å². The van der Waals surface area contributed by atoms with E-state index in [0.29, 0.717) is 6.61 Å². The average Bonchev–Trinajstić information content (AvgIpc) is 2.40. The molecule has 0 amide bonds. The zero-order valence-electron chi connectivity index (χ0n) is 11.2. The van der Waals surface area contributed by atoms with Gasteiger partial charge in [-0.3, -0.25) is 0 Å². The van der Waals surface area contributed by atoms with Crippen molar-refractivity contribution >= 4 is 8.80 Å². The highest BCUT2D eigenvalue weighted by molar-refractivity contribution is 6.60. The summed E-state index contributed by atoms with van der Waals surface area (Å²) in [5.41, 5.74) is 1.11. The Balaban J connectivity index is 2.45. The first-order valence-electron chi connectivity index (χ1n) is 6.14. The highest BCUT2D eigenvalue weighted by Crippen LogP contribution is 2.18. The summed E-state index contributed by atoms with van der Waals surface area (Å²) in [5.74, 6) is -0.203. The molecule has 0 aliphatic heterocycles. The Morgan fingerprint density at radius 3 is 2.22 bits per heavy atom. The van der Waals surface area contributed by atoms with Gasteiger partial charge in [0.2, 0.25) is 0 Å². The van der Waals surface area contributed by atoms with Crippen LogP contribution >= 0.6 is 0 Å². The van der Waals surface area contributed by atoms with Crippen molar-refractivity contribution in [3.05, 3.63) is 35.6 Å². The first-order chi connectivity index (χ1) is 8.65. The minimum absolute atomic E-state index is 0.203. The molecule has 1 aromatic rings. The average molecular weight is 272 g/mol. The van der Waals surface area contributed by atoms with E-state index in [0.717, 1.165) is 24.4 Å². The van der Waals surface area contributed by atoms with Crippen LogP contribution in [-0.4, -0.2) is 29.6 Å². The standard InChI is InChI=1S/C13H21FO3Si/c1-4-17-18(15-2,16-3)11-5-6-12-7-9-13(14)10-8-12/h7-10H,4-6,11H2,1-3H3. The van der Waals surface area contributed by atoms with Crippen LogP contribution in [0.2, 0.25) is 6.04 Å². The molecule has 1 aromatic carbocycles. The summed E-state index contributed by atoms with van der Waals surface area (Å²) in [6, 6.07) is 7.34. The molecular weight excluding hydrogens is 251 g/mol. The Kier molecular flexibility index (Phi) is 6.49. The van der Waals surface area contributed by atoms with Crippen LogP contribution in [0.5, 0.6) is 0 Å². The van der Waals surface area contributed by atoms with Gasteiger partial charge in [0.05, 0.1) is 0 Å². The lowest BCUT2D eigenvalue weighted by Crippen LogP contribution is -2.43. The van der Waals surface area contributed by atoms with Crippen LogP contribution in [0.1, 0.15) is 18.9 Å². The van der Waals surface area contributed by atoms with Crippen LogP contribution in [0.3, 0.4) is 0 Å². The van der Waals surface area contributed by atoms with Crippen molar-refractivity contribution in [1.82, 2.24) is 0 Å². The molecule has 0 aliphatic rings. The smallest absolute Gasteiger partial charge is 0.377 e. The molecule has 0 fully saturated rings. The maximum absolute atomic E-state index is 12.8. The predicted octanol–water partition coefficient (Wildman–Crippen LogP) is 3.03. The molecule has 0 unspecified atom stereocenters. The zero-order chi connectivity index (χ0) is 13.4. The normalized spacial score (nSPS) is 11.8. The molecule has 18 heavy (non-hydrogen) atoms. The minimum Gasteiger partial charge on any atom is -0.377 e. The van der Waals surface area contributed by atoms with Crippen molar-refractivity contribution < 1.29 is 17.7 Å². The molecule has 0 aromatic heterocycles. The molecule has 1 rings (SSSR count). The summed E-state index contributed by atoms with van der Waals surface area (Å²) in [7, 11) is 0.774. The van der Waals surface area contributed by atoms with Crippen molar-refractivity contribution in [2.24, 2.45) is 0 Å². The first kappa shape index (κ1) is 15.3. The third kappa shape index (κ3) is 4.49. The van der Waals surface area contributed by atoms with Gasteiger partial charge >= 0.3 is 8.80 Å². The van der Waals surface area contributed by atoms with Gasteiger partial charge in [-0.05, 0) is 37.5 Å².